The lowest BCUT2D eigenvalue weighted by Gasteiger charge is -2.33. The Labute approximate surface area is 195 Å². The molecule has 2 heterocycles. The Bertz CT molecular complexity index is 934. The smallest absolute Gasteiger partial charge is 0.252 e. The Morgan fingerprint density at radius 2 is 1.64 bits per heavy atom. The van der Waals surface area contributed by atoms with Gasteiger partial charge in [-0.3, -0.25) is 9.59 Å². The van der Waals surface area contributed by atoms with Crippen molar-refractivity contribution in [1.29, 1.82) is 0 Å². The fraction of sp³-hybridized carbons (Fsp3) is 0.458. The summed E-state index contributed by atoms with van der Waals surface area (Å²) in [6.45, 7) is 7.60. The molecular weight excluding hydrogens is 422 g/mol. The molecule has 1 atom stereocenters. The van der Waals surface area contributed by atoms with Crippen LogP contribution >= 0.6 is 0 Å². The molecule has 33 heavy (non-hydrogen) atoms. The van der Waals surface area contributed by atoms with Crippen LogP contribution < -0.4 is 25.0 Å². The molecule has 1 fully saturated rings. The molecule has 0 radical (unpaired) electrons. The average Bonchev–Trinajstić information content (AvgIpc) is 2.82. The Morgan fingerprint density at radius 3 is 2.15 bits per heavy atom. The summed E-state index contributed by atoms with van der Waals surface area (Å²) in [7, 11) is 5.14. The second-order valence-electron chi connectivity index (χ2n) is 8.48. The molecule has 9 heteroatoms. The summed E-state index contributed by atoms with van der Waals surface area (Å²) in [6, 6.07) is 7.91. The first-order valence-corrected chi connectivity index (χ1v) is 11.0. The topological polar surface area (TPSA) is 96.0 Å². The number of amides is 2. The summed E-state index contributed by atoms with van der Waals surface area (Å²) in [4.78, 5) is 34.9. The summed E-state index contributed by atoms with van der Waals surface area (Å²) >= 11 is 0. The number of rotatable bonds is 8. The number of benzene rings is 1. The maximum absolute atomic E-state index is 13.0. The van der Waals surface area contributed by atoms with Gasteiger partial charge in [-0.25, -0.2) is 4.98 Å². The van der Waals surface area contributed by atoms with Gasteiger partial charge in [0.1, 0.15) is 23.4 Å². The van der Waals surface area contributed by atoms with Crippen LogP contribution in [0.25, 0.3) is 0 Å². The summed E-state index contributed by atoms with van der Waals surface area (Å²) in [5.41, 5.74) is 0.934. The Kier molecular flexibility index (Phi) is 8.11. The minimum atomic E-state index is -0.730. The largest absolute Gasteiger partial charge is 0.497 e. The maximum Gasteiger partial charge on any atom is 0.252 e. The number of hydrogen-bond donors (Lipinski definition) is 2. The lowest BCUT2D eigenvalue weighted by molar-refractivity contribution is -0.118. The van der Waals surface area contributed by atoms with E-state index in [9.17, 15) is 9.59 Å². The minimum Gasteiger partial charge on any atom is -0.497 e. The number of aromatic nitrogens is 1. The van der Waals surface area contributed by atoms with E-state index < -0.39 is 6.04 Å². The summed E-state index contributed by atoms with van der Waals surface area (Å²) < 4.78 is 10.5. The Hall–Kier alpha value is -3.33. The van der Waals surface area contributed by atoms with Gasteiger partial charge in [-0.2, -0.15) is 0 Å². The van der Waals surface area contributed by atoms with Crippen molar-refractivity contribution in [2.45, 2.75) is 19.9 Å². The predicted molar refractivity (Wildman–Crippen MR) is 128 cm³/mol. The highest BCUT2D eigenvalue weighted by Crippen LogP contribution is 2.23. The standard InChI is InChI=1S/C24H33N5O4/c1-16(2)22(27-23(30)17-12-19(32-4)14-20(13-17)33-5)24(31)26-18-6-7-21(25-15-18)29-10-8-28(3)9-11-29/h6-7,12-16,22H,8-11H2,1-5H3,(H,26,31)(H,27,30). The van der Waals surface area contributed by atoms with Crippen LogP contribution in [0.1, 0.15) is 24.2 Å². The highest BCUT2D eigenvalue weighted by Gasteiger charge is 2.25. The van der Waals surface area contributed by atoms with Gasteiger partial charge in [-0.05, 0) is 37.2 Å². The normalized spacial score (nSPS) is 15.2. The van der Waals surface area contributed by atoms with E-state index in [2.05, 4.69) is 32.5 Å². The van der Waals surface area contributed by atoms with Crippen LogP contribution in [0.4, 0.5) is 11.5 Å². The molecule has 2 aromatic rings. The fourth-order valence-corrected chi connectivity index (χ4v) is 3.60. The van der Waals surface area contributed by atoms with Gasteiger partial charge >= 0.3 is 0 Å². The first kappa shape index (κ1) is 24.3. The highest BCUT2D eigenvalue weighted by molar-refractivity contribution is 6.01. The van der Waals surface area contributed by atoms with Gasteiger partial charge in [0.2, 0.25) is 5.91 Å². The van der Waals surface area contributed by atoms with Gasteiger partial charge in [-0.1, -0.05) is 13.8 Å². The van der Waals surface area contributed by atoms with E-state index in [1.54, 1.807) is 24.4 Å². The van der Waals surface area contributed by atoms with E-state index in [1.807, 2.05) is 26.0 Å². The molecule has 1 aliphatic rings. The summed E-state index contributed by atoms with van der Waals surface area (Å²) in [5.74, 6) is 1.07. The number of anilines is 2. The molecule has 0 aliphatic carbocycles. The van der Waals surface area contributed by atoms with Gasteiger partial charge in [0, 0.05) is 37.8 Å². The zero-order valence-corrected chi connectivity index (χ0v) is 19.9. The molecule has 1 aromatic heterocycles. The number of piperazine rings is 1. The van der Waals surface area contributed by atoms with Crippen molar-refractivity contribution in [2.75, 3.05) is 57.7 Å². The molecule has 0 spiro atoms. The zero-order valence-electron chi connectivity index (χ0n) is 19.9. The lowest BCUT2D eigenvalue weighted by atomic mass is 10.0. The van der Waals surface area contributed by atoms with Crippen LogP contribution in [0.3, 0.4) is 0 Å². The maximum atomic E-state index is 13.0. The molecule has 9 nitrogen and oxygen atoms in total. The molecule has 1 aromatic carbocycles. The third-order valence-electron chi connectivity index (χ3n) is 5.69. The number of pyridine rings is 1. The molecule has 2 N–H and O–H groups in total. The van der Waals surface area contributed by atoms with Gasteiger partial charge in [-0.15, -0.1) is 0 Å². The van der Waals surface area contributed by atoms with Gasteiger partial charge in [0.25, 0.3) is 5.91 Å². The van der Waals surface area contributed by atoms with Gasteiger partial charge in [0.15, 0.2) is 0 Å². The van der Waals surface area contributed by atoms with Gasteiger partial charge < -0.3 is 29.9 Å². The number of methoxy groups -OCH3 is 2. The molecule has 0 bridgehead atoms. The van der Waals surface area contributed by atoms with Crippen molar-refractivity contribution in [2.24, 2.45) is 5.92 Å². The fourth-order valence-electron chi connectivity index (χ4n) is 3.60. The monoisotopic (exact) mass is 455 g/mol. The molecule has 1 aliphatic heterocycles. The zero-order chi connectivity index (χ0) is 24.0. The predicted octanol–water partition coefficient (Wildman–Crippen LogP) is 2.24. The number of likely N-dealkylation sites (N-methyl/N-ethyl adjacent to an activating group) is 1. The van der Waals surface area contributed by atoms with Crippen molar-refractivity contribution in [3.63, 3.8) is 0 Å². The van der Waals surface area contributed by atoms with E-state index >= 15 is 0 Å². The number of ether oxygens (including phenoxy) is 2. The molecule has 1 saturated heterocycles. The molecule has 0 saturated carbocycles. The number of carbonyl (C=O) groups is 2. The van der Waals surface area contributed by atoms with Crippen LogP contribution in [-0.2, 0) is 4.79 Å². The van der Waals surface area contributed by atoms with E-state index in [0.717, 1.165) is 32.0 Å². The van der Waals surface area contributed by atoms with Crippen molar-refractivity contribution in [1.82, 2.24) is 15.2 Å². The number of nitrogens with one attached hydrogen (secondary N) is 2. The molecule has 1 unspecified atom stereocenters. The molecular formula is C24H33N5O4. The quantitative estimate of drug-likeness (QED) is 0.630. The van der Waals surface area contributed by atoms with E-state index in [0.29, 0.717) is 22.7 Å². The third kappa shape index (κ3) is 6.35. The van der Waals surface area contributed by atoms with Crippen LogP contribution in [0.5, 0.6) is 11.5 Å². The SMILES string of the molecule is COc1cc(OC)cc(C(=O)NC(C(=O)Nc2ccc(N3CCN(C)CC3)nc2)C(C)C)c1. The molecule has 2 amide bonds. The van der Waals surface area contributed by atoms with Crippen molar-refractivity contribution >= 4 is 23.3 Å². The number of hydrogen-bond acceptors (Lipinski definition) is 7. The minimum absolute atomic E-state index is 0.126. The van der Waals surface area contributed by atoms with E-state index in [1.165, 1.54) is 14.2 Å². The van der Waals surface area contributed by atoms with E-state index in [4.69, 9.17) is 9.47 Å². The second kappa shape index (κ2) is 11.0. The van der Waals surface area contributed by atoms with Crippen molar-refractivity contribution in [3.05, 3.63) is 42.1 Å². The third-order valence-corrected chi connectivity index (χ3v) is 5.69. The molecule has 3 rings (SSSR count). The van der Waals surface area contributed by atoms with Gasteiger partial charge in [0.05, 0.1) is 26.1 Å². The first-order valence-electron chi connectivity index (χ1n) is 11.0. The van der Waals surface area contributed by atoms with Crippen LogP contribution in [-0.4, -0.2) is 75.2 Å². The number of carbonyl (C=O) groups excluding carboxylic acids is 2. The first-order chi connectivity index (χ1) is 15.8. The van der Waals surface area contributed by atoms with Crippen LogP contribution in [0, 0.1) is 5.92 Å². The number of nitrogens with zero attached hydrogens (tertiary/aromatic N) is 3. The summed E-state index contributed by atoms with van der Waals surface area (Å²) in [5, 5.41) is 5.70. The average molecular weight is 456 g/mol. The van der Waals surface area contributed by atoms with Crippen molar-refractivity contribution in [3.8, 4) is 11.5 Å². The second-order valence-corrected chi connectivity index (χ2v) is 8.48. The molecule has 178 valence electrons. The van der Waals surface area contributed by atoms with Crippen LogP contribution in [0.2, 0.25) is 0 Å². The highest BCUT2D eigenvalue weighted by atomic mass is 16.5. The summed E-state index contributed by atoms with van der Waals surface area (Å²) in [6.07, 6.45) is 1.65. The van der Waals surface area contributed by atoms with E-state index in [-0.39, 0.29) is 17.7 Å². The van der Waals surface area contributed by atoms with Crippen molar-refractivity contribution < 1.29 is 19.1 Å². The van der Waals surface area contributed by atoms with Crippen LogP contribution in [0.15, 0.2) is 36.5 Å². The Balaban J connectivity index is 1.66. The lowest BCUT2D eigenvalue weighted by Crippen LogP contribution is -2.47. The Morgan fingerprint density at radius 1 is 1.00 bits per heavy atom.